The molecule has 1 saturated carbocycles. The Hall–Kier alpha value is -2.61. The molecule has 1 aliphatic rings. The Morgan fingerprint density at radius 1 is 1.31 bits per heavy atom. The molecule has 186 valence electrons. The lowest BCUT2D eigenvalue weighted by molar-refractivity contribution is 0.101. The molecule has 10 nitrogen and oxygen atoms in total. The van der Waals surface area contributed by atoms with Crippen molar-refractivity contribution in [3.8, 4) is 5.75 Å². The maximum absolute atomic E-state index is 13.2. The molecule has 1 aliphatic carbocycles. The van der Waals surface area contributed by atoms with Crippen LogP contribution in [0.25, 0.3) is 0 Å². The monoisotopic (exact) mass is 538 g/mol. The zero-order chi connectivity index (χ0) is 25.0. The van der Waals surface area contributed by atoms with E-state index in [1.807, 2.05) is 5.38 Å². The highest BCUT2D eigenvalue weighted by atomic mass is 35.5. The topological polar surface area (TPSA) is 154 Å². The minimum atomic E-state index is -4.09. The van der Waals surface area contributed by atoms with Gasteiger partial charge in [0.15, 0.2) is 0 Å². The van der Waals surface area contributed by atoms with Crippen molar-refractivity contribution in [2.24, 2.45) is 11.1 Å². The van der Waals surface area contributed by atoms with Crippen LogP contribution in [0.2, 0.25) is 5.02 Å². The van der Waals surface area contributed by atoms with Crippen LogP contribution in [0.4, 0.5) is 5.82 Å². The number of aromatic nitrogens is 2. The van der Waals surface area contributed by atoms with Gasteiger partial charge in [0.1, 0.15) is 24.5 Å². The molecule has 1 fully saturated rings. The van der Waals surface area contributed by atoms with Gasteiger partial charge in [-0.1, -0.05) is 17.7 Å². The highest BCUT2D eigenvalue weighted by Gasteiger charge is 2.34. The predicted molar refractivity (Wildman–Crippen MR) is 131 cm³/mol. The number of nitrogens with zero attached hydrogens (tertiary/aromatic N) is 2. The van der Waals surface area contributed by atoms with E-state index in [0.717, 1.165) is 5.56 Å². The molecule has 0 aliphatic heterocycles. The number of aliphatic hydroxyl groups is 1. The maximum atomic E-state index is 13.2. The highest BCUT2D eigenvalue weighted by molar-refractivity contribution is 7.84. The zero-order valence-corrected chi connectivity index (χ0v) is 20.7. The first-order valence-electron chi connectivity index (χ1n) is 10.6. The van der Waals surface area contributed by atoms with Crippen LogP contribution in [0.1, 0.15) is 33.6 Å². The number of hydrogen-bond donors (Lipinski definition) is 3. The number of ether oxygens (including phenoxy) is 1. The van der Waals surface area contributed by atoms with Gasteiger partial charge in [0.05, 0.1) is 23.2 Å². The SMILES string of the molecule is NS(=O)(=O)OC[C@H]1C[C@@H](Nc2ncncc2C(=O)c2cc(COc3cccc(Cl)c3)cs2)C[C@@H]1O. The molecular weight excluding hydrogens is 516 g/mol. The first-order valence-corrected chi connectivity index (χ1v) is 13.3. The second-order valence-corrected chi connectivity index (χ2v) is 10.7. The number of rotatable bonds is 10. The van der Waals surface area contributed by atoms with Crippen molar-refractivity contribution in [1.82, 2.24) is 9.97 Å². The molecule has 0 amide bonds. The van der Waals surface area contributed by atoms with Crippen molar-refractivity contribution in [1.29, 1.82) is 0 Å². The third-order valence-electron chi connectivity index (χ3n) is 5.48. The highest BCUT2D eigenvalue weighted by Crippen LogP contribution is 2.30. The van der Waals surface area contributed by atoms with Crippen LogP contribution in [-0.2, 0) is 21.1 Å². The third-order valence-corrected chi connectivity index (χ3v) is 7.16. The number of anilines is 1. The number of thiophene rings is 1. The molecule has 1 aromatic carbocycles. The Kier molecular flexibility index (Phi) is 7.99. The standard InChI is InChI=1S/C22H23ClN4O6S2/c23-15-2-1-3-17(6-15)32-9-13-4-20(34-11-13)21(29)18-8-25-12-26-22(18)27-16-5-14(19(28)7-16)10-33-35(24,30)31/h1-4,6,8,11-12,14,16,19,28H,5,7,9-10H2,(H2,24,30,31)(H,25,26,27)/t14-,16-,19+/m1/s1. The molecule has 0 unspecified atom stereocenters. The molecular formula is C22H23ClN4O6S2. The van der Waals surface area contributed by atoms with Crippen molar-refractivity contribution in [3.63, 3.8) is 0 Å². The van der Waals surface area contributed by atoms with Gasteiger partial charge in [-0.25, -0.2) is 15.1 Å². The largest absolute Gasteiger partial charge is 0.489 e. The first-order chi connectivity index (χ1) is 16.7. The number of ketones is 1. The number of benzene rings is 1. The van der Waals surface area contributed by atoms with Crippen LogP contribution >= 0.6 is 22.9 Å². The van der Waals surface area contributed by atoms with E-state index in [2.05, 4.69) is 19.5 Å². The lowest BCUT2D eigenvalue weighted by atomic mass is 10.1. The fourth-order valence-corrected chi connectivity index (χ4v) is 5.21. The second-order valence-electron chi connectivity index (χ2n) is 8.10. The Morgan fingerprint density at radius 3 is 2.91 bits per heavy atom. The Balaban J connectivity index is 1.40. The molecule has 35 heavy (non-hydrogen) atoms. The van der Waals surface area contributed by atoms with Gasteiger partial charge < -0.3 is 15.2 Å². The Bertz CT molecular complexity index is 1300. The van der Waals surface area contributed by atoms with E-state index in [9.17, 15) is 18.3 Å². The fraction of sp³-hybridized carbons (Fsp3) is 0.318. The van der Waals surface area contributed by atoms with Crippen molar-refractivity contribution in [2.45, 2.75) is 31.6 Å². The second kappa shape index (κ2) is 11.0. The minimum Gasteiger partial charge on any atom is -0.489 e. The van der Waals surface area contributed by atoms with Crippen LogP contribution in [0.15, 0.2) is 48.2 Å². The van der Waals surface area contributed by atoms with Gasteiger partial charge >= 0.3 is 10.3 Å². The number of carbonyl (C=O) groups excluding carboxylic acids is 1. The molecule has 4 rings (SSSR count). The predicted octanol–water partition coefficient (Wildman–Crippen LogP) is 2.77. The first kappa shape index (κ1) is 25.5. The van der Waals surface area contributed by atoms with Gasteiger partial charge in [-0.3, -0.25) is 8.98 Å². The van der Waals surface area contributed by atoms with E-state index in [1.165, 1.54) is 23.9 Å². The van der Waals surface area contributed by atoms with Crippen molar-refractivity contribution in [3.05, 3.63) is 69.3 Å². The number of carbonyl (C=O) groups is 1. The van der Waals surface area contributed by atoms with Gasteiger partial charge in [0.25, 0.3) is 0 Å². The summed E-state index contributed by atoms with van der Waals surface area (Å²) in [4.78, 5) is 21.9. The summed E-state index contributed by atoms with van der Waals surface area (Å²) in [6.07, 6.45) is 2.73. The average Bonchev–Trinajstić information content (AvgIpc) is 3.42. The van der Waals surface area contributed by atoms with E-state index in [-0.39, 0.29) is 30.6 Å². The van der Waals surface area contributed by atoms with E-state index in [0.29, 0.717) is 34.3 Å². The van der Waals surface area contributed by atoms with E-state index >= 15 is 0 Å². The number of aliphatic hydroxyl groups excluding tert-OH is 1. The average molecular weight is 539 g/mol. The summed E-state index contributed by atoms with van der Waals surface area (Å²) in [5.74, 6) is 0.289. The number of nitrogens with one attached hydrogen (secondary N) is 1. The number of nitrogens with two attached hydrogens (primary N) is 1. The van der Waals surface area contributed by atoms with Gasteiger partial charge in [-0.15, -0.1) is 11.3 Å². The van der Waals surface area contributed by atoms with Gasteiger partial charge in [-0.05, 0) is 42.5 Å². The molecule has 0 spiro atoms. The van der Waals surface area contributed by atoms with Gasteiger partial charge in [-0.2, -0.15) is 8.42 Å². The van der Waals surface area contributed by atoms with Gasteiger partial charge in [0.2, 0.25) is 5.78 Å². The van der Waals surface area contributed by atoms with Crippen molar-refractivity contribution < 1.29 is 27.2 Å². The van der Waals surface area contributed by atoms with Gasteiger partial charge in [0, 0.05) is 28.7 Å². The molecule has 0 bridgehead atoms. The lowest BCUT2D eigenvalue weighted by Crippen LogP contribution is -2.24. The molecule has 0 radical (unpaired) electrons. The van der Waals surface area contributed by atoms with Crippen LogP contribution < -0.4 is 15.2 Å². The number of halogens is 1. The summed E-state index contributed by atoms with van der Waals surface area (Å²) in [7, 11) is -4.09. The summed E-state index contributed by atoms with van der Waals surface area (Å²) >= 11 is 7.26. The van der Waals surface area contributed by atoms with Crippen molar-refractivity contribution in [2.75, 3.05) is 11.9 Å². The maximum Gasteiger partial charge on any atom is 0.333 e. The zero-order valence-electron chi connectivity index (χ0n) is 18.3. The van der Waals surface area contributed by atoms with E-state index in [4.69, 9.17) is 21.5 Å². The molecule has 2 heterocycles. The van der Waals surface area contributed by atoms with Crippen LogP contribution in [0.5, 0.6) is 5.75 Å². The molecule has 0 saturated heterocycles. The molecule has 3 aromatic rings. The van der Waals surface area contributed by atoms with Crippen molar-refractivity contribution >= 4 is 44.8 Å². The molecule has 3 atom stereocenters. The van der Waals surface area contributed by atoms with Crippen LogP contribution in [-0.4, -0.2) is 48.0 Å². The number of hydrogen-bond acceptors (Lipinski definition) is 10. The smallest absolute Gasteiger partial charge is 0.333 e. The quantitative estimate of drug-likeness (QED) is 0.330. The minimum absolute atomic E-state index is 0.219. The third kappa shape index (κ3) is 6.97. The molecule has 4 N–H and O–H groups in total. The summed E-state index contributed by atoms with van der Waals surface area (Å²) in [6.45, 7) is 0.0609. The molecule has 13 heteroatoms. The summed E-state index contributed by atoms with van der Waals surface area (Å²) in [5.41, 5.74) is 1.12. The Labute approximate surface area is 211 Å². The summed E-state index contributed by atoms with van der Waals surface area (Å²) < 4.78 is 32.4. The van der Waals surface area contributed by atoms with Crippen LogP contribution in [0, 0.1) is 5.92 Å². The Morgan fingerprint density at radius 2 is 2.14 bits per heavy atom. The molecule has 2 aromatic heterocycles. The summed E-state index contributed by atoms with van der Waals surface area (Å²) in [5, 5.41) is 20.7. The fourth-order valence-electron chi connectivity index (χ4n) is 3.81. The van der Waals surface area contributed by atoms with E-state index < -0.39 is 22.3 Å². The lowest BCUT2D eigenvalue weighted by Gasteiger charge is -2.15. The normalized spacial score (nSPS) is 20.0. The van der Waals surface area contributed by atoms with Crippen LogP contribution in [0.3, 0.4) is 0 Å². The summed E-state index contributed by atoms with van der Waals surface area (Å²) in [6, 6.07) is 8.58. The van der Waals surface area contributed by atoms with E-state index in [1.54, 1.807) is 30.3 Å².